The minimum Gasteiger partial charge on any atom is -0.337 e. The molecule has 3 rings (SSSR count). The van der Waals surface area contributed by atoms with Crippen LogP contribution in [0.1, 0.15) is 6.42 Å². The summed E-state index contributed by atoms with van der Waals surface area (Å²) >= 11 is 7.46. The highest BCUT2D eigenvalue weighted by atomic mass is 32.2. The van der Waals surface area contributed by atoms with Gasteiger partial charge in [0.1, 0.15) is 0 Å². The number of H-pyrrole nitrogens is 1. The third-order valence-electron chi connectivity index (χ3n) is 3.40. The topological polar surface area (TPSA) is 20.7 Å². The summed E-state index contributed by atoms with van der Waals surface area (Å²) < 4.78 is 3.09. The highest BCUT2D eigenvalue weighted by Crippen LogP contribution is 2.27. The summed E-state index contributed by atoms with van der Waals surface area (Å²) in [6.45, 7) is 1.04. The molecule has 2 heterocycles. The molecule has 1 aliphatic rings. The summed E-state index contributed by atoms with van der Waals surface area (Å²) in [5.74, 6) is 3.32. The summed E-state index contributed by atoms with van der Waals surface area (Å²) in [6.07, 6.45) is 3.34. The van der Waals surface area contributed by atoms with Crippen LogP contribution in [-0.4, -0.2) is 21.1 Å². The van der Waals surface area contributed by atoms with Crippen molar-refractivity contribution in [2.24, 2.45) is 5.92 Å². The lowest BCUT2D eigenvalue weighted by molar-refractivity contribution is 0.492. The van der Waals surface area contributed by atoms with E-state index in [1.165, 1.54) is 29.2 Å². The quantitative estimate of drug-likeness (QED) is 0.856. The van der Waals surface area contributed by atoms with Crippen molar-refractivity contribution < 1.29 is 0 Å². The first-order valence-electron chi connectivity index (χ1n) is 6.26. The molecule has 1 fully saturated rings. The maximum Gasteiger partial charge on any atom is 0.177 e. The smallest absolute Gasteiger partial charge is 0.177 e. The molecule has 0 aliphatic carbocycles. The first kappa shape index (κ1) is 12.1. The van der Waals surface area contributed by atoms with Gasteiger partial charge >= 0.3 is 0 Å². The van der Waals surface area contributed by atoms with Gasteiger partial charge in [-0.1, -0.05) is 30.3 Å². The van der Waals surface area contributed by atoms with E-state index in [1.807, 2.05) is 12.3 Å². The van der Waals surface area contributed by atoms with Crippen molar-refractivity contribution in [2.45, 2.75) is 13.0 Å². The van der Waals surface area contributed by atoms with Crippen molar-refractivity contribution in [2.75, 3.05) is 11.5 Å². The molecule has 2 nitrogen and oxygen atoms in total. The lowest BCUT2D eigenvalue weighted by atomic mass is 10.1. The van der Waals surface area contributed by atoms with E-state index >= 15 is 0 Å². The molecule has 0 spiro atoms. The second kappa shape index (κ2) is 5.33. The van der Waals surface area contributed by atoms with Gasteiger partial charge in [0.2, 0.25) is 0 Å². The Kier molecular flexibility index (Phi) is 3.57. The number of imidazole rings is 1. The van der Waals surface area contributed by atoms with E-state index in [9.17, 15) is 0 Å². The summed E-state index contributed by atoms with van der Waals surface area (Å²) in [4.78, 5) is 3.18. The lowest BCUT2D eigenvalue weighted by Gasteiger charge is -2.12. The number of benzene rings is 1. The standard InChI is InChI=1S/C14H16N2S2/c17-14-15-8-13(12-4-2-1-3-5-12)16(14)9-11-6-7-18-10-11/h1-5,8,11H,6-7,9-10H2,(H,15,17). The molecule has 1 atom stereocenters. The average Bonchev–Trinajstić information content (AvgIpc) is 3.03. The number of nitrogens with one attached hydrogen (secondary N) is 1. The van der Waals surface area contributed by atoms with Crippen LogP contribution in [0.2, 0.25) is 0 Å². The maximum absolute atomic E-state index is 5.41. The van der Waals surface area contributed by atoms with Crippen LogP contribution < -0.4 is 0 Å². The number of aromatic nitrogens is 2. The van der Waals surface area contributed by atoms with Crippen LogP contribution >= 0.6 is 24.0 Å². The molecule has 0 bridgehead atoms. The molecule has 1 aliphatic heterocycles. The number of thioether (sulfide) groups is 1. The molecule has 94 valence electrons. The van der Waals surface area contributed by atoms with Crippen molar-refractivity contribution in [1.82, 2.24) is 9.55 Å². The fourth-order valence-corrected chi connectivity index (χ4v) is 3.91. The number of nitrogens with zero attached hydrogens (tertiary/aromatic N) is 1. The monoisotopic (exact) mass is 276 g/mol. The number of hydrogen-bond acceptors (Lipinski definition) is 2. The molecule has 1 saturated heterocycles. The Labute approximate surface area is 116 Å². The summed E-state index contributed by atoms with van der Waals surface area (Å²) in [5, 5.41) is 0. The molecule has 0 amide bonds. The second-order valence-electron chi connectivity index (χ2n) is 4.69. The van der Waals surface area contributed by atoms with E-state index in [1.54, 1.807) is 0 Å². The van der Waals surface area contributed by atoms with Gasteiger partial charge in [0.05, 0.1) is 5.69 Å². The van der Waals surface area contributed by atoms with E-state index in [-0.39, 0.29) is 0 Å². The van der Waals surface area contributed by atoms with Gasteiger partial charge in [-0.3, -0.25) is 0 Å². The zero-order valence-corrected chi connectivity index (χ0v) is 11.8. The largest absolute Gasteiger partial charge is 0.337 e. The normalized spacial score (nSPS) is 19.2. The van der Waals surface area contributed by atoms with Crippen molar-refractivity contribution in [1.29, 1.82) is 0 Å². The Bertz CT molecular complexity index is 565. The van der Waals surface area contributed by atoms with Gasteiger partial charge in [0.15, 0.2) is 4.77 Å². The van der Waals surface area contributed by atoms with E-state index in [0.29, 0.717) is 0 Å². The maximum atomic E-state index is 5.41. The molecule has 0 saturated carbocycles. The van der Waals surface area contributed by atoms with Crippen LogP contribution in [0, 0.1) is 10.7 Å². The highest BCUT2D eigenvalue weighted by Gasteiger charge is 2.18. The van der Waals surface area contributed by atoms with Gasteiger partial charge in [-0.05, 0) is 41.6 Å². The van der Waals surface area contributed by atoms with Crippen LogP contribution in [-0.2, 0) is 6.54 Å². The summed E-state index contributed by atoms with van der Waals surface area (Å²) in [6, 6.07) is 10.5. The van der Waals surface area contributed by atoms with Crippen LogP contribution in [0.3, 0.4) is 0 Å². The van der Waals surface area contributed by atoms with Crippen LogP contribution in [0.25, 0.3) is 11.3 Å². The molecule has 1 unspecified atom stereocenters. The van der Waals surface area contributed by atoms with Crippen molar-refractivity contribution in [3.05, 3.63) is 41.3 Å². The zero-order chi connectivity index (χ0) is 12.4. The number of hydrogen-bond donors (Lipinski definition) is 1. The van der Waals surface area contributed by atoms with Gasteiger partial charge < -0.3 is 9.55 Å². The van der Waals surface area contributed by atoms with Crippen LogP contribution in [0.5, 0.6) is 0 Å². The Morgan fingerprint density at radius 3 is 2.89 bits per heavy atom. The highest BCUT2D eigenvalue weighted by molar-refractivity contribution is 7.99. The Balaban J connectivity index is 1.93. The predicted octanol–water partition coefficient (Wildman–Crippen LogP) is 3.97. The molecule has 1 aromatic heterocycles. The lowest BCUT2D eigenvalue weighted by Crippen LogP contribution is -2.11. The third-order valence-corrected chi connectivity index (χ3v) is 4.97. The zero-order valence-electron chi connectivity index (χ0n) is 10.1. The molecular weight excluding hydrogens is 260 g/mol. The molecule has 0 radical (unpaired) electrons. The van der Waals surface area contributed by atoms with Gasteiger partial charge in [-0.25, -0.2) is 0 Å². The van der Waals surface area contributed by atoms with Crippen molar-refractivity contribution >= 4 is 24.0 Å². The number of aromatic amines is 1. The minimum absolute atomic E-state index is 0.764. The average molecular weight is 276 g/mol. The molecular formula is C14H16N2S2. The SMILES string of the molecule is S=c1[nH]cc(-c2ccccc2)n1CC1CCSC1. The van der Waals surface area contributed by atoms with Gasteiger partial charge in [0, 0.05) is 12.7 Å². The molecule has 1 aromatic carbocycles. The third kappa shape index (κ3) is 2.40. The fourth-order valence-electron chi connectivity index (χ4n) is 2.41. The van der Waals surface area contributed by atoms with Gasteiger partial charge in [-0.2, -0.15) is 11.8 Å². The van der Waals surface area contributed by atoms with Crippen LogP contribution in [0.4, 0.5) is 0 Å². The molecule has 1 N–H and O–H groups in total. The summed E-state index contributed by atoms with van der Waals surface area (Å²) in [7, 11) is 0. The molecule has 18 heavy (non-hydrogen) atoms. The minimum atomic E-state index is 0.764. The Hall–Kier alpha value is -1.000. The molecule has 4 heteroatoms. The van der Waals surface area contributed by atoms with E-state index in [4.69, 9.17) is 12.2 Å². The first-order chi connectivity index (χ1) is 8.84. The number of rotatable bonds is 3. The van der Waals surface area contributed by atoms with Crippen LogP contribution in [0.15, 0.2) is 36.5 Å². The fraction of sp³-hybridized carbons (Fsp3) is 0.357. The van der Waals surface area contributed by atoms with Gasteiger partial charge in [0.25, 0.3) is 0 Å². The van der Waals surface area contributed by atoms with E-state index < -0.39 is 0 Å². The van der Waals surface area contributed by atoms with E-state index in [0.717, 1.165) is 17.2 Å². The Morgan fingerprint density at radius 1 is 1.33 bits per heavy atom. The van der Waals surface area contributed by atoms with Gasteiger partial charge in [-0.15, -0.1) is 0 Å². The Morgan fingerprint density at radius 2 is 2.17 bits per heavy atom. The predicted molar refractivity (Wildman–Crippen MR) is 80.5 cm³/mol. The first-order valence-corrected chi connectivity index (χ1v) is 7.82. The molecule has 2 aromatic rings. The van der Waals surface area contributed by atoms with Crippen molar-refractivity contribution in [3.8, 4) is 11.3 Å². The van der Waals surface area contributed by atoms with E-state index in [2.05, 4.69) is 45.6 Å². The van der Waals surface area contributed by atoms with Crippen molar-refractivity contribution in [3.63, 3.8) is 0 Å². The second-order valence-corrected chi connectivity index (χ2v) is 6.22. The summed E-state index contributed by atoms with van der Waals surface area (Å²) in [5.41, 5.74) is 2.44.